The minimum Gasteiger partial charge on any atom is -0.491 e. The van der Waals surface area contributed by atoms with Crippen LogP contribution in [0.25, 0.3) is 17.2 Å². The summed E-state index contributed by atoms with van der Waals surface area (Å²) in [6.45, 7) is 1.08. The molecular formula is C37H29Cl2N3O6S. The van der Waals surface area contributed by atoms with Crippen molar-refractivity contribution < 1.29 is 28.7 Å². The fraction of sp³-hybridized carbons (Fsp3) is 0.189. The van der Waals surface area contributed by atoms with Gasteiger partial charge in [-0.1, -0.05) is 89.9 Å². The summed E-state index contributed by atoms with van der Waals surface area (Å²) in [6.07, 6.45) is 1.10. The molecule has 3 aliphatic rings. The van der Waals surface area contributed by atoms with Gasteiger partial charge in [0, 0.05) is 30.1 Å². The average molecular weight is 715 g/mol. The third-order valence-corrected chi connectivity index (χ3v) is 10.4. The largest absolute Gasteiger partial charge is 0.491 e. The lowest BCUT2D eigenvalue weighted by molar-refractivity contribution is -0.122. The maximum absolute atomic E-state index is 13.2. The topological polar surface area (TPSA) is 105 Å². The summed E-state index contributed by atoms with van der Waals surface area (Å²) in [5, 5.41) is 2.95. The van der Waals surface area contributed by atoms with Crippen LogP contribution in [0.1, 0.15) is 38.5 Å². The Kier molecular flexibility index (Phi) is 9.35. The van der Waals surface area contributed by atoms with Crippen LogP contribution in [0, 0.1) is 0 Å². The highest BCUT2D eigenvalue weighted by atomic mass is 35.5. The number of nitrogens with zero attached hydrogens (tertiary/aromatic N) is 2. The molecule has 12 heteroatoms. The van der Waals surface area contributed by atoms with Crippen molar-refractivity contribution in [3.63, 3.8) is 0 Å². The van der Waals surface area contributed by atoms with Crippen LogP contribution in [0.5, 0.6) is 5.75 Å². The molecule has 49 heavy (non-hydrogen) atoms. The Bertz CT molecular complexity index is 1990. The smallest absolute Gasteiger partial charge is 0.410 e. The zero-order valence-corrected chi connectivity index (χ0v) is 28.3. The van der Waals surface area contributed by atoms with Crippen molar-refractivity contribution >= 4 is 64.2 Å². The second-order valence-electron chi connectivity index (χ2n) is 11.6. The van der Waals surface area contributed by atoms with Gasteiger partial charge in [0.2, 0.25) is 0 Å². The van der Waals surface area contributed by atoms with Crippen LogP contribution in [0.2, 0.25) is 10.0 Å². The molecular weight excluding hydrogens is 685 g/mol. The summed E-state index contributed by atoms with van der Waals surface area (Å²) in [4.78, 5) is 54.6. The third kappa shape index (κ3) is 6.64. The van der Waals surface area contributed by atoms with E-state index in [9.17, 15) is 19.2 Å². The molecule has 2 heterocycles. The first-order valence-corrected chi connectivity index (χ1v) is 17.2. The van der Waals surface area contributed by atoms with E-state index in [1.54, 1.807) is 41.3 Å². The van der Waals surface area contributed by atoms with Gasteiger partial charge in [-0.15, -0.1) is 0 Å². The molecule has 0 unspecified atom stereocenters. The van der Waals surface area contributed by atoms with Crippen LogP contribution in [0.15, 0.2) is 89.8 Å². The number of carbonyl (C=O) groups is 4. The Balaban J connectivity index is 0.938. The zero-order valence-electron chi connectivity index (χ0n) is 26.0. The predicted octanol–water partition coefficient (Wildman–Crippen LogP) is 7.60. The van der Waals surface area contributed by atoms with E-state index in [0.29, 0.717) is 28.4 Å². The lowest BCUT2D eigenvalue weighted by Gasteiger charge is -2.21. The molecule has 1 fully saturated rings. The van der Waals surface area contributed by atoms with E-state index < -0.39 is 23.1 Å². The third-order valence-electron chi connectivity index (χ3n) is 8.67. The van der Waals surface area contributed by atoms with Gasteiger partial charge in [-0.25, -0.2) is 4.79 Å². The maximum Gasteiger partial charge on any atom is 0.410 e. The van der Waals surface area contributed by atoms with Gasteiger partial charge >= 0.3 is 6.09 Å². The Labute approximate surface area is 296 Å². The van der Waals surface area contributed by atoms with Crippen LogP contribution >= 0.6 is 35.0 Å². The number of imide groups is 1. The molecule has 2 aliphatic heterocycles. The molecule has 1 N–H and O–H groups in total. The Hall–Kier alpha value is -4.77. The van der Waals surface area contributed by atoms with Crippen molar-refractivity contribution in [2.75, 3.05) is 32.8 Å². The Morgan fingerprint density at radius 2 is 1.69 bits per heavy atom. The number of halogens is 2. The summed E-state index contributed by atoms with van der Waals surface area (Å²) in [5.74, 6) is -0.408. The molecule has 4 aromatic carbocycles. The van der Waals surface area contributed by atoms with E-state index in [4.69, 9.17) is 32.7 Å². The minimum atomic E-state index is -0.473. The number of carbonyl (C=O) groups excluding carboxylic acids is 4. The van der Waals surface area contributed by atoms with E-state index >= 15 is 0 Å². The highest BCUT2D eigenvalue weighted by molar-refractivity contribution is 8.18. The van der Waals surface area contributed by atoms with E-state index in [2.05, 4.69) is 29.6 Å². The van der Waals surface area contributed by atoms with Gasteiger partial charge < -0.3 is 19.7 Å². The van der Waals surface area contributed by atoms with Crippen molar-refractivity contribution in [1.29, 1.82) is 0 Å². The van der Waals surface area contributed by atoms with Crippen molar-refractivity contribution in [2.45, 2.75) is 12.5 Å². The zero-order chi connectivity index (χ0) is 34.1. The van der Waals surface area contributed by atoms with Gasteiger partial charge in [0.25, 0.3) is 17.1 Å². The predicted molar refractivity (Wildman–Crippen MR) is 189 cm³/mol. The van der Waals surface area contributed by atoms with Crippen molar-refractivity contribution in [3.8, 4) is 16.9 Å². The first kappa shape index (κ1) is 32.8. The molecule has 1 aliphatic carbocycles. The summed E-state index contributed by atoms with van der Waals surface area (Å²) in [7, 11) is 0. The molecule has 1 saturated heterocycles. The molecule has 0 aromatic heterocycles. The summed E-state index contributed by atoms with van der Waals surface area (Å²) >= 11 is 13.1. The second kappa shape index (κ2) is 14.0. The standard InChI is InChI=1S/C37H29Cl2N3O6S/c38-30-11-5-6-22(33(30)39)19-32-35(44)42(37(46)49-32)15-14-40-34(43)23-12-13-24-20-41(16-17-47-31(24)18-23)36(45)48-21-29-27-9-3-1-7-25(27)26-8-2-4-10-28(26)29/h1-13,18-19,29H,14-17,20-21H2,(H,40,43)/b32-19-. The molecule has 9 nitrogen and oxygen atoms in total. The maximum atomic E-state index is 13.2. The van der Waals surface area contributed by atoms with Crippen molar-refractivity contribution in [1.82, 2.24) is 15.1 Å². The molecule has 0 radical (unpaired) electrons. The molecule has 4 amide bonds. The first-order chi connectivity index (χ1) is 23.8. The number of thioether (sulfide) groups is 1. The van der Waals surface area contributed by atoms with Gasteiger partial charge in [-0.3, -0.25) is 19.3 Å². The number of nitrogens with one attached hydrogen (secondary N) is 1. The SMILES string of the molecule is O=C(NCCN1C(=O)S/C(=C\c2cccc(Cl)c2Cl)C1=O)c1ccc2c(c1)OCCN(C(=O)OCC1c3ccccc3-c3ccccc31)C2. The number of ether oxygens (including phenoxy) is 2. The molecule has 0 bridgehead atoms. The Morgan fingerprint density at radius 1 is 0.959 bits per heavy atom. The van der Waals surface area contributed by atoms with Gasteiger partial charge in [0.05, 0.1) is 28.0 Å². The van der Waals surface area contributed by atoms with Crippen molar-refractivity contribution in [2.24, 2.45) is 0 Å². The van der Waals surface area contributed by atoms with Crippen LogP contribution in [-0.4, -0.2) is 65.8 Å². The van der Waals surface area contributed by atoms with Crippen molar-refractivity contribution in [3.05, 3.63) is 128 Å². The van der Waals surface area contributed by atoms with Gasteiger partial charge in [0.1, 0.15) is 19.0 Å². The highest BCUT2D eigenvalue weighted by Crippen LogP contribution is 2.44. The molecule has 0 spiro atoms. The normalized spacial score (nSPS) is 16.2. The lowest BCUT2D eigenvalue weighted by Crippen LogP contribution is -2.37. The summed E-state index contributed by atoms with van der Waals surface area (Å²) in [5.41, 5.74) is 6.23. The fourth-order valence-corrected chi connectivity index (χ4v) is 7.42. The highest BCUT2D eigenvalue weighted by Gasteiger charge is 2.35. The number of benzene rings is 4. The van der Waals surface area contributed by atoms with Gasteiger partial charge in [0.15, 0.2) is 0 Å². The number of fused-ring (bicyclic) bond motifs is 4. The van der Waals surface area contributed by atoms with E-state index in [0.717, 1.165) is 44.5 Å². The van der Waals surface area contributed by atoms with Gasteiger partial charge in [-0.2, -0.15) is 0 Å². The van der Waals surface area contributed by atoms with E-state index in [1.807, 2.05) is 24.3 Å². The van der Waals surface area contributed by atoms with E-state index in [-0.39, 0.29) is 48.7 Å². The van der Waals surface area contributed by atoms with Crippen LogP contribution in [0.4, 0.5) is 9.59 Å². The van der Waals surface area contributed by atoms with Crippen LogP contribution in [-0.2, 0) is 16.1 Å². The minimum absolute atomic E-state index is 0.00639. The molecule has 0 saturated carbocycles. The van der Waals surface area contributed by atoms with Crippen LogP contribution < -0.4 is 10.1 Å². The average Bonchev–Trinajstić information content (AvgIpc) is 3.45. The summed E-state index contributed by atoms with van der Waals surface area (Å²) in [6, 6.07) is 26.4. The molecule has 248 valence electrons. The van der Waals surface area contributed by atoms with Crippen LogP contribution in [0.3, 0.4) is 0 Å². The second-order valence-corrected chi connectivity index (χ2v) is 13.4. The molecule has 4 aromatic rings. The van der Waals surface area contributed by atoms with Gasteiger partial charge in [-0.05, 0) is 63.9 Å². The first-order valence-electron chi connectivity index (χ1n) is 15.6. The quantitative estimate of drug-likeness (QED) is 0.197. The molecule has 7 rings (SSSR count). The summed E-state index contributed by atoms with van der Waals surface area (Å²) < 4.78 is 11.8. The monoisotopic (exact) mass is 713 g/mol. The molecule has 0 atom stereocenters. The number of hydrogen-bond acceptors (Lipinski definition) is 7. The number of amides is 4. The number of rotatable bonds is 7. The van der Waals surface area contributed by atoms with E-state index in [1.165, 1.54) is 6.08 Å². The lowest BCUT2D eigenvalue weighted by atomic mass is 9.98. The number of hydrogen-bond donors (Lipinski definition) is 1. The Morgan fingerprint density at radius 3 is 2.45 bits per heavy atom. The fourth-order valence-electron chi connectivity index (χ4n) is 6.20.